The largest absolute Gasteiger partial charge is 0.491 e. The van der Waals surface area contributed by atoms with Gasteiger partial charge in [0.05, 0.1) is 16.7 Å². The molecule has 2 rings (SSSR count). The van der Waals surface area contributed by atoms with E-state index in [4.69, 9.17) is 32.7 Å². The standard InChI is InChI=1S/C18H17Cl2NO3/c1-23-11-12-24-15-8-6-14(7-9-15)21-17(22)10-5-13-3-2-4-16(19)18(13)20/h2-10H,11-12H2,1H3,(H,21,22)/b10-5+. The van der Waals surface area contributed by atoms with Crippen LogP contribution in [0.2, 0.25) is 10.0 Å². The number of rotatable bonds is 7. The Hall–Kier alpha value is -2.01. The first-order valence-electron chi connectivity index (χ1n) is 7.25. The quantitative estimate of drug-likeness (QED) is 0.572. The van der Waals surface area contributed by atoms with Crippen molar-refractivity contribution in [2.24, 2.45) is 0 Å². The molecule has 0 fully saturated rings. The van der Waals surface area contributed by atoms with Crippen LogP contribution in [0, 0.1) is 0 Å². The number of hydrogen-bond donors (Lipinski definition) is 1. The number of hydrogen-bond acceptors (Lipinski definition) is 3. The van der Waals surface area contributed by atoms with Crippen molar-refractivity contribution in [2.75, 3.05) is 25.6 Å². The van der Waals surface area contributed by atoms with Gasteiger partial charge in [-0.25, -0.2) is 0 Å². The Morgan fingerprint density at radius 3 is 2.58 bits per heavy atom. The summed E-state index contributed by atoms with van der Waals surface area (Å²) >= 11 is 12.0. The van der Waals surface area contributed by atoms with E-state index in [-0.39, 0.29) is 5.91 Å². The van der Waals surface area contributed by atoms with Gasteiger partial charge >= 0.3 is 0 Å². The van der Waals surface area contributed by atoms with Gasteiger partial charge < -0.3 is 14.8 Å². The summed E-state index contributed by atoms with van der Waals surface area (Å²) in [5.74, 6) is 0.449. The van der Waals surface area contributed by atoms with Crippen molar-refractivity contribution >= 4 is 40.9 Å². The molecule has 0 aliphatic carbocycles. The second-order valence-electron chi connectivity index (χ2n) is 4.83. The van der Waals surface area contributed by atoms with Crippen LogP contribution in [0.1, 0.15) is 5.56 Å². The van der Waals surface area contributed by atoms with E-state index in [0.717, 1.165) is 0 Å². The summed E-state index contributed by atoms with van der Waals surface area (Å²) in [6.07, 6.45) is 3.02. The van der Waals surface area contributed by atoms with Gasteiger partial charge in [-0.05, 0) is 42.0 Å². The number of ether oxygens (including phenoxy) is 2. The van der Waals surface area contributed by atoms with Crippen molar-refractivity contribution in [3.63, 3.8) is 0 Å². The van der Waals surface area contributed by atoms with E-state index in [0.29, 0.717) is 40.3 Å². The molecule has 0 atom stereocenters. The summed E-state index contributed by atoms with van der Waals surface area (Å²) in [5, 5.41) is 3.62. The third kappa shape index (κ3) is 5.57. The molecule has 0 aromatic heterocycles. The molecular formula is C18H17Cl2NO3. The fourth-order valence-electron chi connectivity index (χ4n) is 1.88. The van der Waals surface area contributed by atoms with Crippen molar-refractivity contribution in [1.82, 2.24) is 0 Å². The number of halogens is 2. The number of anilines is 1. The summed E-state index contributed by atoms with van der Waals surface area (Å²) < 4.78 is 10.4. The summed E-state index contributed by atoms with van der Waals surface area (Å²) in [5.41, 5.74) is 1.35. The Morgan fingerprint density at radius 1 is 1.12 bits per heavy atom. The molecule has 126 valence electrons. The number of benzene rings is 2. The van der Waals surface area contributed by atoms with Gasteiger partial charge in [0.15, 0.2) is 0 Å². The maximum atomic E-state index is 12.0. The van der Waals surface area contributed by atoms with Gasteiger partial charge in [0.1, 0.15) is 12.4 Å². The molecule has 1 N–H and O–H groups in total. The summed E-state index contributed by atoms with van der Waals surface area (Å²) in [6, 6.07) is 12.3. The maximum Gasteiger partial charge on any atom is 0.248 e. The highest BCUT2D eigenvalue weighted by Crippen LogP contribution is 2.26. The van der Waals surface area contributed by atoms with E-state index in [2.05, 4.69) is 5.32 Å². The lowest BCUT2D eigenvalue weighted by molar-refractivity contribution is -0.111. The molecule has 0 saturated heterocycles. The minimum absolute atomic E-state index is 0.265. The van der Waals surface area contributed by atoms with Crippen LogP contribution in [0.5, 0.6) is 5.75 Å². The van der Waals surface area contributed by atoms with Gasteiger partial charge in [0.2, 0.25) is 5.91 Å². The predicted molar refractivity (Wildman–Crippen MR) is 97.9 cm³/mol. The zero-order valence-electron chi connectivity index (χ0n) is 13.1. The highest BCUT2D eigenvalue weighted by Gasteiger charge is 2.03. The van der Waals surface area contributed by atoms with Crippen LogP contribution in [0.15, 0.2) is 48.5 Å². The molecule has 0 saturated carbocycles. The smallest absolute Gasteiger partial charge is 0.248 e. The number of nitrogens with one attached hydrogen (secondary N) is 1. The molecule has 0 spiro atoms. The van der Waals surface area contributed by atoms with E-state index < -0.39 is 0 Å². The molecule has 4 nitrogen and oxygen atoms in total. The molecule has 0 aliphatic rings. The normalized spacial score (nSPS) is 10.8. The maximum absolute atomic E-state index is 12.0. The molecule has 1 amide bonds. The lowest BCUT2D eigenvalue weighted by atomic mass is 10.2. The molecule has 2 aromatic rings. The van der Waals surface area contributed by atoms with Crippen LogP contribution in [-0.2, 0) is 9.53 Å². The van der Waals surface area contributed by atoms with E-state index in [1.165, 1.54) is 6.08 Å². The molecule has 0 bridgehead atoms. The third-order valence-electron chi connectivity index (χ3n) is 3.07. The molecule has 0 heterocycles. The Kier molecular flexibility index (Phi) is 7.12. The molecule has 0 aliphatic heterocycles. The number of carbonyl (C=O) groups is 1. The summed E-state index contributed by atoms with van der Waals surface area (Å²) in [7, 11) is 1.62. The summed E-state index contributed by atoms with van der Waals surface area (Å²) in [4.78, 5) is 12.0. The van der Waals surface area contributed by atoms with Crippen molar-refractivity contribution in [3.8, 4) is 5.75 Å². The van der Waals surface area contributed by atoms with Crippen molar-refractivity contribution in [1.29, 1.82) is 0 Å². The lowest BCUT2D eigenvalue weighted by Crippen LogP contribution is -2.08. The zero-order valence-corrected chi connectivity index (χ0v) is 14.6. The van der Waals surface area contributed by atoms with Crippen LogP contribution < -0.4 is 10.1 Å². The molecule has 24 heavy (non-hydrogen) atoms. The van der Waals surface area contributed by atoms with Crippen molar-refractivity contribution in [3.05, 3.63) is 64.1 Å². The first kappa shape index (κ1) is 18.3. The van der Waals surface area contributed by atoms with Gasteiger partial charge in [0, 0.05) is 18.9 Å². The van der Waals surface area contributed by atoms with E-state index in [1.807, 2.05) is 0 Å². The van der Waals surface area contributed by atoms with E-state index in [9.17, 15) is 4.79 Å². The Labute approximate surface area is 151 Å². The fourth-order valence-corrected chi connectivity index (χ4v) is 2.25. The molecule has 2 aromatic carbocycles. The topological polar surface area (TPSA) is 47.6 Å². The average molecular weight is 366 g/mol. The van der Waals surface area contributed by atoms with Crippen LogP contribution in [0.3, 0.4) is 0 Å². The predicted octanol–water partition coefficient (Wildman–Crippen LogP) is 4.67. The third-order valence-corrected chi connectivity index (χ3v) is 3.91. The van der Waals surface area contributed by atoms with Crippen LogP contribution >= 0.6 is 23.2 Å². The second kappa shape index (κ2) is 9.33. The lowest BCUT2D eigenvalue weighted by Gasteiger charge is -2.07. The highest BCUT2D eigenvalue weighted by molar-refractivity contribution is 6.42. The molecule has 0 unspecified atom stereocenters. The Balaban J connectivity index is 1.92. The van der Waals surface area contributed by atoms with E-state index in [1.54, 1.807) is 55.7 Å². The molecule has 0 radical (unpaired) electrons. The molecular weight excluding hydrogens is 349 g/mol. The fraction of sp³-hybridized carbons (Fsp3) is 0.167. The second-order valence-corrected chi connectivity index (χ2v) is 5.62. The van der Waals surface area contributed by atoms with Gasteiger partial charge in [-0.1, -0.05) is 35.3 Å². The highest BCUT2D eigenvalue weighted by atomic mass is 35.5. The SMILES string of the molecule is COCCOc1ccc(NC(=O)/C=C/c2cccc(Cl)c2Cl)cc1. The Morgan fingerprint density at radius 2 is 1.88 bits per heavy atom. The number of carbonyl (C=O) groups excluding carboxylic acids is 1. The van der Waals surface area contributed by atoms with Gasteiger partial charge in [0.25, 0.3) is 0 Å². The van der Waals surface area contributed by atoms with Crippen molar-refractivity contribution < 1.29 is 14.3 Å². The van der Waals surface area contributed by atoms with Crippen LogP contribution in [0.4, 0.5) is 5.69 Å². The first-order chi connectivity index (χ1) is 11.6. The van der Waals surface area contributed by atoms with E-state index >= 15 is 0 Å². The average Bonchev–Trinajstić information content (AvgIpc) is 2.58. The Bertz CT molecular complexity index is 715. The van der Waals surface area contributed by atoms with Crippen LogP contribution in [-0.4, -0.2) is 26.2 Å². The molecule has 6 heteroatoms. The number of methoxy groups -OCH3 is 1. The van der Waals surface area contributed by atoms with Crippen molar-refractivity contribution in [2.45, 2.75) is 0 Å². The summed E-state index contributed by atoms with van der Waals surface area (Å²) in [6.45, 7) is 1.00. The van der Waals surface area contributed by atoms with Crippen LogP contribution in [0.25, 0.3) is 6.08 Å². The number of amides is 1. The van der Waals surface area contributed by atoms with Gasteiger partial charge in [-0.15, -0.1) is 0 Å². The first-order valence-corrected chi connectivity index (χ1v) is 8.00. The minimum Gasteiger partial charge on any atom is -0.491 e. The monoisotopic (exact) mass is 365 g/mol. The van der Waals surface area contributed by atoms with Gasteiger partial charge in [-0.2, -0.15) is 0 Å². The zero-order chi connectivity index (χ0) is 17.4. The minimum atomic E-state index is -0.265. The van der Waals surface area contributed by atoms with Gasteiger partial charge in [-0.3, -0.25) is 4.79 Å².